The van der Waals surface area contributed by atoms with E-state index < -0.39 is 0 Å². The number of aryl methyl sites for hydroxylation is 1. The second kappa shape index (κ2) is 9.67. The summed E-state index contributed by atoms with van der Waals surface area (Å²) in [6.45, 7) is 3.18. The Labute approximate surface area is 171 Å². The average molecular weight is 396 g/mol. The minimum Gasteiger partial charge on any atom is -0.443 e. The molecule has 0 aliphatic rings. The van der Waals surface area contributed by atoms with E-state index in [1.165, 1.54) is 47.6 Å². The Morgan fingerprint density at radius 1 is 1.00 bits per heavy atom. The summed E-state index contributed by atoms with van der Waals surface area (Å²) in [6.07, 6.45) is 9.96. The van der Waals surface area contributed by atoms with Gasteiger partial charge in [0.1, 0.15) is 5.52 Å². The van der Waals surface area contributed by atoms with E-state index in [-0.39, 0.29) is 12.4 Å². The third kappa shape index (κ3) is 5.09. The summed E-state index contributed by atoms with van der Waals surface area (Å²) < 4.78 is 5.29. The second-order valence-electron chi connectivity index (χ2n) is 7.24. The Bertz CT molecular complexity index is 1030. The summed E-state index contributed by atoms with van der Waals surface area (Å²) in [5.74, 6) is 0. The zero-order valence-electron chi connectivity index (χ0n) is 16.1. The molecular formula is C23H26ClN3O. The van der Waals surface area contributed by atoms with Crippen molar-refractivity contribution in [3.8, 4) is 0 Å². The molecule has 2 heterocycles. The molecule has 0 bridgehead atoms. The van der Waals surface area contributed by atoms with E-state index in [2.05, 4.69) is 58.6 Å². The zero-order chi connectivity index (χ0) is 18.5. The van der Waals surface area contributed by atoms with Crippen LogP contribution in [0.3, 0.4) is 0 Å². The minimum atomic E-state index is 0. The normalized spacial score (nSPS) is 12.2. The molecule has 146 valence electrons. The summed E-state index contributed by atoms with van der Waals surface area (Å²) >= 11 is 0. The first-order chi connectivity index (χ1) is 13.3. The number of nitrogens with zero attached hydrogens (tertiary/aromatic N) is 2. The highest BCUT2D eigenvalue weighted by atomic mass is 35.5. The standard InChI is InChI=1S/C23H25N3O.ClH/c1-17(25-14-19-6-8-21-15-24-11-10-20(21)12-19)4-2-3-5-18-7-9-23-22(13-18)26-16-27-23;/h6-13,15-17,25H,2-5,14H2,1H3;1H/t17-;/m1./s1. The lowest BCUT2D eigenvalue weighted by molar-refractivity contribution is 0.489. The first-order valence-electron chi connectivity index (χ1n) is 9.66. The third-order valence-corrected chi connectivity index (χ3v) is 5.11. The van der Waals surface area contributed by atoms with E-state index in [1.54, 1.807) is 0 Å². The van der Waals surface area contributed by atoms with Crippen LogP contribution in [0.5, 0.6) is 0 Å². The Morgan fingerprint density at radius 2 is 1.89 bits per heavy atom. The van der Waals surface area contributed by atoms with Gasteiger partial charge in [0.05, 0.1) is 0 Å². The summed E-state index contributed by atoms with van der Waals surface area (Å²) in [5.41, 5.74) is 4.47. The van der Waals surface area contributed by atoms with Crippen LogP contribution in [0.25, 0.3) is 21.9 Å². The quantitative estimate of drug-likeness (QED) is 0.389. The summed E-state index contributed by atoms with van der Waals surface area (Å²) in [5, 5.41) is 6.09. The predicted octanol–water partition coefficient (Wildman–Crippen LogP) is 5.69. The van der Waals surface area contributed by atoms with E-state index in [0.717, 1.165) is 24.1 Å². The van der Waals surface area contributed by atoms with Crippen LogP contribution in [0.2, 0.25) is 0 Å². The molecule has 5 heteroatoms. The van der Waals surface area contributed by atoms with E-state index in [9.17, 15) is 0 Å². The highest BCUT2D eigenvalue weighted by Crippen LogP contribution is 2.17. The molecule has 0 fully saturated rings. The summed E-state index contributed by atoms with van der Waals surface area (Å²) in [7, 11) is 0. The molecule has 0 unspecified atom stereocenters. The Balaban J connectivity index is 0.00000225. The largest absolute Gasteiger partial charge is 0.443 e. The van der Waals surface area contributed by atoms with Crippen molar-refractivity contribution in [3.05, 3.63) is 72.4 Å². The smallest absolute Gasteiger partial charge is 0.181 e. The van der Waals surface area contributed by atoms with Gasteiger partial charge in [0.2, 0.25) is 0 Å². The number of unbranched alkanes of at least 4 members (excludes halogenated alkanes) is 1. The van der Waals surface area contributed by atoms with Gasteiger partial charge < -0.3 is 9.73 Å². The van der Waals surface area contributed by atoms with Crippen molar-refractivity contribution >= 4 is 34.3 Å². The fraction of sp³-hybridized carbons (Fsp3) is 0.304. The lowest BCUT2D eigenvalue weighted by Gasteiger charge is -2.14. The first kappa shape index (κ1) is 20.3. The monoisotopic (exact) mass is 395 g/mol. The molecule has 1 atom stereocenters. The van der Waals surface area contributed by atoms with Crippen molar-refractivity contribution in [1.29, 1.82) is 0 Å². The van der Waals surface area contributed by atoms with E-state index in [0.29, 0.717) is 6.04 Å². The molecule has 2 aromatic heterocycles. The van der Waals surface area contributed by atoms with Crippen LogP contribution in [0.1, 0.15) is 37.3 Å². The molecule has 28 heavy (non-hydrogen) atoms. The van der Waals surface area contributed by atoms with Crippen LogP contribution >= 0.6 is 12.4 Å². The molecule has 2 aromatic carbocycles. The molecule has 4 nitrogen and oxygen atoms in total. The highest BCUT2D eigenvalue weighted by Gasteiger charge is 2.04. The summed E-state index contributed by atoms with van der Waals surface area (Å²) in [4.78, 5) is 8.40. The summed E-state index contributed by atoms with van der Waals surface area (Å²) in [6, 6.07) is 15.5. The van der Waals surface area contributed by atoms with E-state index in [1.807, 2.05) is 18.5 Å². The average Bonchev–Trinajstić information content (AvgIpc) is 3.17. The topological polar surface area (TPSA) is 51.0 Å². The highest BCUT2D eigenvalue weighted by molar-refractivity contribution is 5.85. The van der Waals surface area contributed by atoms with Gasteiger partial charge in [-0.25, -0.2) is 4.98 Å². The van der Waals surface area contributed by atoms with Gasteiger partial charge in [-0.3, -0.25) is 4.98 Å². The maximum Gasteiger partial charge on any atom is 0.181 e. The number of benzene rings is 2. The van der Waals surface area contributed by atoms with E-state index in [4.69, 9.17) is 4.42 Å². The Morgan fingerprint density at radius 3 is 2.82 bits per heavy atom. The third-order valence-electron chi connectivity index (χ3n) is 5.11. The minimum absolute atomic E-state index is 0. The number of halogens is 1. The van der Waals surface area contributed by atoms with Crippen molar-refractivity contribution in [2.45, 2.75) is 45.2 Å². The molecule has 0 radical (unpaired) electrons. The van der Waals surface area contributed by atoms with E-state index >= 15 is 0 Å². The number of hydrogen-bond acceptors (Lipinski definition) is 4. The number of pyridine rings is 1. The van der Waals surface area contributed by atoms with Gasteiger partial charge in [0, 0.05) is 30.4 Å². The maximum atomic E-state index is 5.29. The molecule has 0 saturated carbocycles. The zero-order valence-corrected chi connectivity index (χ0v) is 16.9. The van der Waals surface area contributed by atoms with Crippen LogP contribution in [-0.4, -0.2) is 16.0 Å². The molecule has 4 aromatic rings. The molecular weight excluding hydrogens is 370 g/mol. The number of nitrogens with one attached hydrogen (secondary N) is 1. The fourth-order valence-corrected chi connectivity index (χ4v) is 3.48. The van der Waals surface area contributed by atoms with Crippen LogP contribution < -0.4 is 5.32 Å². The second-order valence-corrected chi connectivity index (χ2v) is 7.24. The fourth-order valence-electron chi connectivity index (χ4n) is 3.48. The van der Waals surface area contributed by atoms with Crippen LogP contribution in [0.15, 0.2) is 65.7 Å². The van der Waals surface area contributed by atoms with Gasteiger partial charge in [-0.15, -0.1) is 12.4 Å². The molecule has 0 spiro atoms. The lowest BCUT2D eigenvalue weighted by Crippen LogP contribution is -2.25. The van der Waals surface area contributed by atoms with Gasteiger partial charge in [-0.1, -0.05) is 24.6 Å². The molecule has 0 saturated heterocycles. The molecule has 0 aliphatic heterocycles. The van der Waals surface area contributed by atoms with Gasteiger partial charge in [0.15, 0.2) is 12.0 Å². The number of oxazole rings is 1. The Hall–Kier alpha value is -2.43. The first-order valence-corrected chi connectivity index (χ1v) is 9.66. The Kier molecular flexibility index (Phi) is 7.01. The van der Waals surface area contributed by atoms with Crippen LogP contribution in [-0.2, 0) is 13.0 Å². The maximum absolute atomic E-state index is 5.29. The number of hydrogen-bond donors (Lipinski definition) is 1. The van der Waals surface area contributed by atoms with Gasteiger partial charge in [-0.2, -0.15) is 0 Å². The SMILES string of the molecule is C[C@H](CCCCc1ccc2ocnc2c1)NCc1ccc2cnccc2c1.Cl. The van der Waals surface area contributed by atoms with Crippen molar-refractivity contribution in [3.63, 3.8) is 0 Å². The van der Waals surface area contributed by atoms with Crippen LogP contribution in [0.4, 0.5) is 0 Å². The number of aromatic nitrogens is 2. The molecule has 0 amide bonds. The number of rotatable bonds is 8. The molecule has 1 N–H and O–H groups in total. The molecule has 4 rings (SSSR count). The predicted molar refractivity (Wildman–Crippen MR) is 117 cm³/mol. The lowest BCUT2D eigenvalue weighted by atomic mass is 10.0. The van der Waals surface area contributed by atoms with Crippen molar-refractivity contribution in [2.24, 2.45) is 0 Å². The van der Waals surface area contributed by atoms with Gasteiger partial charge >= 0.3 is 0 Å². The van der Waals surface area contributed by atoms with Crippen molar-refractivity contribution in [1.82, 2.24) is 15.3 Å². The van der Waals surface area contributed by atoms with Gasteiger partial charge in [-0.05, 0) is 67.0 Å². The van der Waals surface area contributed by atoms with Gasteiger partial charge in [0.25, 0.3) is 0 Å². The molecule has 0 aliphatic carbocycles. The van der Waals surface area contributed by atoms with Crippen molar-refractivity contribution < 1.29 is 4.42 Å². The van der Waals surface area contributed by atoms with Crippen LogP contribution in [0, 0.1) is 0 Å². The number of fused-ring (bicyclic) bond motifs is 2. The van der Waals surface area contributed by atoms with Crippen molar-refractivity contribution in [2.75, 3.05) is 0 Å².